The van der Waals surface area contributed by atoms with Gasteiger partial charge < -0.3 is 30.5 Å². The smallest absolute Gasteiger partial charge is 0.309 e. The number of hydrogen-bond donors (Lipinski definition) is 4. The maximum Gasteiger partial charge on any atom is 0.309 e. The Morgan fingerprint density at radius 2 is 2.09 bits per heavy atom. The molecule has 2 aliphatic rings. The average Bonchev–Trinajstić information content (AvgIpc) is 2.84. The topological polar surface area (TPSA) is 111 Å². The minimum absolute atomic E-state index is 0.0797. The number of ether oxygens (including phenoxy) is 1. The third kappa shape index (κ3) is 6.56. The van der Waals surface area contributed by atoms with Crippen molar-refractivity contribution in [3.63, 3.8) is 0 Å². The van der Waals surface area contributed by atoms with Gasteiger partial charge in [0.1, 0.15) is 17.6 Å². The second-order valence-electron chi connectivity index (χ2n) is 9.80. The Kier molecular flexibility index (Phi) is 7.29. The number of anilines is 2. The molecule has 2 saturated heterocycles. The second kappa shape index (κ2) is 9.62. The van der Waals surface area contributed by atoms with Crippen molar-refractivity contribution in [1.82, 2.24) is 5.32 Å². The van der Waals surface area contributed by atoms with E-state index in [0.29, 0.717) is 56.6 Å². The summed E-state index contributed by atoms with van der Waals surface area (Å²) in [7, 11) is 0. The standard InChI is InChI=1S/C23H34FN3O5/c1-22(2,3)32-20(29)14-23(31)9-4-11-27(12-10-23)18-7-5-15(13-16(18)24)25-17-6-8-19(28)26-21(17)30/h5,7,13,17,21,25,30-31H,4,6,8-12,14H2,1-3H3,(H,26,28). The van der Waals surface area contributed by atoms with E-state index in [9.17, 15) is 24.2 Å². The zero-order valence-corrected chi connectivity index (χ0v) is 19.0. The molecule has 0 aromatic heterocycles. The SMILES string of the molecule is CC(C)(C)OC(=O)CC1(O)CCCN(c2ccc(NC3CCC(=O)NC3O)cc2F)CC1. The highest BCUT2D eigenvalue weighted by Gasteiger charge is 2.35. The van der Waals surface area contributed by atoms with Gasteiger partial charge in [-0.1, -0.05) is 0 Å². The van der Waals surface area contributed by atoms with Crippen LogP contribution < -0.4 is 15.5 Å². The van der Waals surface area contributed by atoms with E-state index in [2.05, 4.69) is 10.6 Å². The third-order valence-corrected chi connectivity index (χ3v) is 5.82. The second-order valence-corrected chi connectivity index (χ2v) is 9.80. The molecule has 0 bridgehead atoms. The van der Waals surface area contributed by atoms with E-state index in [1.165, 1.54) is 6.07 Å². The number of halogens is 1. The first-order chi connectivity index (χ1) is 14.9. The molecule has 8 nitrogen and oxygen atoms in total. The van der Waals surface area contributed by atoms with Crippen molar-refractivity contribution in [2.24, 2.45) is 0 Å². The number of esters is 1. The van der Waals surface area contributed by atoms with Gasteiger partial charge in [-0.25, -0.2) is 4.39 Å². The molecule has 3 rings (SSSR count). The summed E-state index contributed by atoms with van der Waals surface area (Å²) >= 11 is 0. The van der Waals surface area contributed by atoms with Gasteiger partial charge in [-0.05, 0) is 64.7 Å². The van der Waals surface area contributed by atoms with E-state index < -0.39 is 29.2 Å². The summed E-state index contributed by atoms with van der Waals surface area (Å²) in [6.45, 7) is 6.34. The predicted molar refractivity (Wildman–Crippen MR) is 119 cm³/mol. The Bertz CT molecular complexity index is 843. The van der Waals surface area contributed by atoms with E-state index >= 15 is 0 Å². The summed E-state index contributed by atoms with van der Waals surface area (Å²) in [6, 6.07) is 4.39. The zero-order valence-electron chi connectivity index (χ0n) is 19.0. The van der Waals surface area contributed by atoms with Crippen LogP contribution in [0.4, 0.5) is 15.8 Å². The number of carbonyl (C=O) groups is 2. The first-order valence-corrected chi connectivity index (χ1v) is 11.2. The van der Waals surface area contributed by atoms with Crippen molar-refractivity contribution in [3.05, 3.63) is 24.0 Å². The fourth-order valence-electron chi connectivity index (χ4n) is 4.24. The van der Waals surface area contributed by atoms with Gasteiger partial charge in [0.05, 0.1) is 23.8 Å². The van der Waals surface area contributed by atoms with Crippen LogP contribution in [0.25, 0.3) is 0 Å². The molecule has 32 heavy (non-hydrogen) atoms. The Morgan fingerprint density at radius 1 is 1.34 bits per heavy atom. The van der Waals surface area contributed by atoms with Gasteiger partial charge in [-0.2, -0.15) is 0 Å². The largest absolute Gasteiger partial charge is 0.460 e. The van der Waals surface area contributed by atoms with Crippen molar-refractivity contribution >= 4 is 23.3 Å². The Labute approximate surface area is 188 Å². The molecular formula is C23H34FN3O5. The average molecular weight is 452 g/mol. The van der Waals surface area contributed by atoms with Gasteiger partial charge >= 0.3 is 5.97 Å². The molecule has 3 unspecified atom stereocenters. The summed E-state index contributed by atoms with van der Waals surface area (Å²) in [5.41, 5.74) is -0.837. The highest BCUT2D eigenvalue weighted by Crippen LogP contribution is 2.31. The van der Waals surface area contributed by atoms with E-state index in [1.54, 1.807) is 32.9 Å². The maximum atomic E-state index is 14.9. The lowest BCUT2D eigenvalue weighted by molar-refractivity contribution is -0.160. The quantitative estimate of drug-likeness (QED) is 0.508. The van der Waals surface area contributed by atoms with Crippen LogP contribution in [-0.4, -0.2) is 58.7 Å². The molecule has 3 atom stereocenters. The van der Waals surface area contributed by atoms with Crippen LogP contribution in [-0.2, 0) is 14.3 Å². The van der Waals surface area contributed by atoms with Crippen LogP contribution in [0.5, 0.6) is 0 Å². The first-order valence-electron chi connectivity index (χ1n) is 11.2. The first kappa shape index (κ1) is 24.3. The van der Waals surface area contributed by atoms with Gasteiger partial charge in [-0.3, -0.25) is 9.59 Å². The number of piperidine rings is 1. The summed E-state index contributed by atoms with van der Waals surface area (Å²) in [4.78, 5) is 25.4. The lowest BCUT2D eigenvalue weighted by Gasteiger charge is -2.30. The molecule has 4 N–H and O–H groups in total. The van der Waals surface area contributed by atoms with E-state index in [1.807, 2.05) is 4.90 Å². The van der Waals surface area contributed by atoms with Crippen LogP contribution >= 0.6 is 0 Å². The molecule has 9 heteroatoms. The van der Waals surface area contributed by atoms with Gasteiger partial charge in [0.25, 0.3) is 0 Å². The molecule has 0 saturated carbocycles. The molecule has 0 spiro atoms. The fourth-order valence-corrected chi connectivity index (χ4v) is 4.24. The number of nitrogens with zero attached hydrogens (tertiary/aromatic N) is 1. The number of aliphatic hydroxyl groups excluding tert-OH is 1. The number of nitrogens with one attached hydrogen (secondary N) is 2. The normalized spacial score (nSPS) is 26.8. The van der Waals surface area contributed by atoms with E-state index in [4.69, 9.17) is 4.74 Å². The number of benzene rings is 1. The third-order valence-electron chi connectivity index (χ3n) is 5.82. The van der Waals surface area contributed by atoms with Gasteiger partial charge in [-0.15, -0.1) is 0 Å². The van der Waals surface area contributed by atoms with Crippen molar-refractivity contribution < 1.29 is 28.9 Å². The lowest BCUT2D eigenvalue weighted by atomic mass is 9.91. The highest BCUT2D eigenvalue weighted by molar-refractivity contribution is 5.77. The monoisotopic (exact) mass is 451 g/mol. The molecule has 1 aromatic rings. The van der Waals surface area contributed by atoms with E-state index in [0.717, 1.165) is 0 Å². The Hall–Kier alpha value is -2.39. The minimum atomic E-state index is -1.17. The van der Waals surface area contributed by atoms with Crippen molar-refractivity contribution in [1.29, 1.82) is 0 Å². The fraction of sp³-hybridized carbons (Fsp3) is 0.652. The molecule has 1 amide bonds. The van der Waals surface area contributed by atoms with Gasteiger partial charge in [0.15, 0.2) is 0 Å². The molecular weight excluding hydrogens is 417 g/mol. The Balaban J connectivity index is 1.61. The van der Waals surface area contributed by atoms with Crippen LogP contribution in [0.15, 0.2) is 18.2 Å². The van der Waals surface area contributed by atoms with Crippen molar-refractivity contribution in [3.8, 4) is 0 Å². The lowest BCUT2D eigenvalue weighted by Crippen LogP contribution is -2.51. The number of aliphatic hydroxyl groups is 2. The summed E-state index contributed by atoms with van der Waals surface area (Å²) in [5.74, 6) is -1.05. The molecule has 2 fully saturated rings. The van der Waals surface area contributed by atoms with E-state index in [-0.39, 0.29) is 18.4 Å². The number of carbonyl (C=O) groups excluding carboxylic acids is 2. The predicted octanol–water partition coefficient (Wildman–Crippen LogP) is 2.29. The van der Waals surface area contributed by atoms with Crippen LogP contribution in [0.1, 0.15) is 59.3 Å². The molecule has 0 aliphatic carbocycles. The van der Waals surface area contributed by atoms with Crippen molar-refractivity contribution in [2.45, 2.75) is 82.8 Å². The van der Waals surface area contributed by atoms with Gasteiger partial charge in [0.2, 0.25) is 5.91 Å². The number of hydrogen-bond acceptors (Lipinski definition) is 7. The van der Waals surface area contributed by atoms with Gasteiger partial charge in [0, 0.05) is 25.2 Å². The molecule has 2 heterocycles. The van der Waals surface area contributed by atoms with Crippen LogP contribution in [0.2, 0.25) is 0 Å². The summed E-state index contributed by atoms with van der Waals surface area (Å²) < 4.78 is 20.3. The van der Waals surface area contributed by atoms with Crippen LogP contribution in [0, 0.1) is 5.82 Å². The summed E-state index contributed by atoms with van der Waals surface area (Å²) in [5, 5.41) is 26.5. The number of amides is 1. The maximum absolute atomic E-state index is 14.9. The molecule has 178 valence electrons. The summed E-state index contributed by atoms with van der Waals surface area (Å²) in [6.07, 6.45) is 1.05. The molecule has 2 aliphatic heterocycles. The Morgan fingerprint density at radius 3 is 2.75 bits per heavy atom. The van der Waals surface area contributed by atoms with Crippen LogP contribution in [0.3, 0.4) is 0 Å². The molecule has 1 aromatic carbocycles. The highest BCUT2D eigenvalue weighted by atomic mass is 19.1. The zero-order chi connectivity index (χ0) is 23.5. The minimum Gasteiger partial charge on any atom is -0.460 e. The molecule has 0 radical (unpaired) electrons. The number of rotatable bonds is 5. The van der Waals surface area contributed by atoms with Crippen molar-refractivity contribution in [2.75, 3.05) is 23.3 Å².